The molecule has 0 radical (unpaired) electrons. The average molecular weight is 322 g/mol. The van der Waals surface area contributed by atoms with Crippen LogP contribution in [0.2, 0.25) is 0 Å². The molecule has 0 fully saturated rings. The van der Waals surface area contributed by atoms with Crippen LogP contribution in [0.4, 0.5) is 10.1 Å². The maximum atomic E-state index is 13.0. The second-order valence-electron chi connectivity index (χ2n) is 4.41. The SMILES string of the molecule is Cc1cc(F)ccc1CC(=O)c1ccc(N)c(Br)c1. The van der Waals surface area contributed by atoms with E-state index >= 15 is 0 Å². The summed E-state index contributed by atoms with van der Waals surface area (Å²) in [5, 5.41) is 0. The minimum Gasteiger partial charge on any atom is -0.398 e. The average Bonchev–Trinajstić information content (AvgIpc) is 2.36. The monoisotopic (exact) mass is 321 g/mol. The molecule has 2 aromatic rings. The predicted octanol–water partition coefficient (Wildman–Crippen LogP) is 3.90. The third kappa shape index (κ3) is 3.20. The molecule has 2 N–H and O–H groups in total. The van der Waals surface area contributed by atoms with Gasteiger partial charge in [0.15, 0.2) is 5.78 Å². The predicted molar refractivity (Wildman–Crippen MR) is 77.7 cm³/mol. The van der Waals surface area contributed by atoms with Crippen molar-refractivity contribution in [3.63, 3.8) is 0 Å². The Morgan fingerprint density at radius 3 is 2.63 bits per heavy atom. The Kier molecular flexibility index (Phi) is 4.00. The van der Waals surface area contributed by atoms with E-state index in [-0.39, 0.29) is 18.0 Å². The molecule has 0 amide bonds. The summed E-state index contributed by atoms with van der Waals surface area (Å²) in [7, 11) is 0. The Morgan fingerprint density at radius 1 is 1.26 bits per heavy atom. The van der Waals surface area contributed by atoms with E-state index in [1.54, 1.807) is 31.2 Å². The van der Waals surface area contributed by atoms with Crippen LogP contribution in [0.15, 0.2) is 40.9 Å². The number of anilines is 1. The van der Waals surface area contributed by atoms with Gasteiger partial charge < -0.3 is 5.73 Å². The number of benzene rings is 2. The number of nitrogens with two attached hydrogens (primary N) is 1. The van der Waals surface area contributed by atoms with Crippen LogP contribution < -0.4 is 5.73 Å². The van der Waals surface area contributed by atoms with Crippen molar-refractivity contribution in [2.75, 3.05) is 5.73 Å². The molecular weight excluding hydrogens is 309 g/mol. The quantitative estimate of drug-likeness (QED) is 0.688. The fraction of sp³-hybridized carbons (Fsp3) is 0.133. The lowest BCUT2D eigenvalue weighted by atomic mass is 9.99. The molecule has 2 nitrogen and oxygen atoms in total. The highest BCUT2D eigenvalue weighted by Crippen LogP contribution is 2.22. The van der Waals surface area contributed by atoms with Crippen molar-refractivity contribution in [1.29, 1.82) is 0 Å². The van der Waals surface area contributed by atoms with E-state index in [1.165, 1.54) is 12.1 Å². The standard InChI is InChI=1S/C15H13BrFNO/c1-9-6-12(17)4-2-10(9)8-15(19)11-3-5-14(18)13(16)7-11/h2-7H,8,18H2,1H3. The number of Topliss-reactive ketones (excluding diaryl/α,β-unsaturated/α-hetero) is 1. The summed E-state index contributed by atoms with van der Waals surface area (Å²) < 4.78 is 13.7. The molecule has 0 aromatic heterocycles. The van der Waals surface area contributed by atoms with E-state index in [0.717, 1.165) is 11.1 Å². The molecule has 98 valence electrons. The Balaban J connectivity index is 2.23. The molecule has 0 atom stereocenters. The number of aryl methyl sites for hydroxylation is 1. The Hall–Kier alpha value is -1.68. The molecule has 19 heavy (non-hydrogen) atoms. The molecule has 2 rings (SSSR count). The van der Waals surface area contributed by atoms with Gasteiger partial charge in [0.25, 0.3) is 0 Å². The number of rotatable bonds is 3. The zero-order valence-electron chi connectivity index (χ0n) is 10.4. The fourth-order valence-electron chi connectivity index (χ4n) is 1.83. The van der Waals surface area contributed by atoms with Crippen LogP contribution in [0.25, 0.3) is 0 Å². The van der Waals surface area contributed by atoms with Crippen molar-refractivity contribution in [3.8, 4) is 0 Å². The van der Waals surface area contributed by atoms with Crippen molar-refractivity contribution in [1.82, 2.24) is 0 Å². The summed E-state index contributed by atoms with van der Waals surface area (Å²) in [6.45, 7) is 1.80. The zero-order chi connectivity index (χ0) is 14.0. The number of halogens is 2. The first-order valence-electron chi connectivity index (χ1n) is 5.80. The number of nitrogen functional groups attached to an aromatic ring is 1. The van der Waals surface area contributed by atoms with Gasteiger partial charge in [0.2, 0.25) is 0 Å². The lowest BCUT2D eigenvalue weighted by molar-refractivity contribution is 0.0992. The lowest BCUT2D eigenvalue weighted by Crippen LogP contribution is -2.05. The normalized spacial score (nSPS) is 10.5. The van der Waals surface area contributed by atoms with Gasteiger partial charge in [-0.05, 0) is 64.3 Å². The maximum absolute atomic E-state index is 13.0. The van der Waals surface area contributed by atoms with Crippen LogP contribution in [0.5, 0.6) is 0 Å². The molecule has 0 heterocycles. The van der Waals surface area contributed by atoms with Crippen molar-refractivity contribution < 1.29 is 9.18 Å². The smallest absolute Gasteiger partial charge is 0.167 e. The molecule has 0 saturated heterocycles. The number of carbonyl (C=O) groups is 1. The first-order valence-corrected chi connectivity index (χ1v) is 6.60. The molecular formula is C15H13BrFNO. The summed E-state index contributed by atoms with van der Waals surface area (Å²) >= 11 is 3.30. The third-order valence-corrected chi connectivity index (χ3v) is 3.66. The van der Waals surface area contributed by atoms with Gasteiger partial charge in [0.1, 0.15) is 5.82 Å². The van der Waals surface area contributed by atoms with Crippen LogP contribution in [0, 0.1) is 12.7 Å². The van der Waals surface area contributed by atoms with E-state index < -0.39 is 0 Å². The summed E-state index contributed by atoms with van der Waals surface area (Å²) in [5.41, 5.74) is 8.48. The minimum atomic E-state index is -0.288. The molecule has 0 unspecified atom stereocenters. The molecule has 0 bridgehead atoms. The first kappa shape index (κ1) is 13.7. The highest BCUT2D eigenvalue weighted by atomic mass is 79.9. The fourth-order valence-corrected chi connectivity index (χ4v) is 2.21. The molecule has 0 aliphatic rings. The van der Waals surface area contributed by atoms with Gasteiger partial charge in [-0.25, -0.2) is 4.39 Å². The second kappa shape index (κ2) is 5.53. The van der Waals surface area contributed by atoms with Crippen LogP contribution >= 0.6 is 15.9 Å². The van der Waals surface area contributed by atoms with Gasteiger partial charge in [-0.2, -0.15) is 0 Å². The van der Waals surface area contributed by atoms with Crippen molar-refractivity contribution in [2.45, 2.75) is 13.3 Å². The van der Waals surface area contributed by atoms with Gasteiger partial charge in [0.05, 0.1) is 0 Å². The zero-order valence-corrected chi connectivity index (χ0v) is 12.0. The maximum Gasteiger partial charge on any atom is 0.167 e. The highest BCUT2D eigenvalue weighted by Gasteiger charge is 2.10. The summed E-state index contributed by atoms with van der Waals surface area (Å²) in [6.07, 6.45) is 0.252. The van der Waals surface area contributed by atoms with Crippen molar-refractivity contribution >= 4 is 27.4 Å². The van der Waals surface area contributed by atoms with Crippen LogP contribution in [-0.2, 0) is 6.42 Å². The molecule has 0 spiro atoms. The number of hydrogen-bond donors (Lipinski definition) is 1. The Morgan fingerprint density at radius 2 is 2.00 bits per heavy atom. The largest absolute Gasteiger partial charge is 0.398 e. The van der Waals surface area contributed by atoms with Crippen LogP contribution in [-0.4, -0.2) is 5.78 Å². The van der Waals surface area contributed by atoms with E-state index in [9.17, 15) is 9.18 Å². The van der Waals surface area contributed by atoms with Crippen LogP contribution in [0.1, 0.15) is 21.5 Å². The molecule has 4 heteroatoms. The van der Waals surface area contributed by atoms with E-state index in [1.807, 2.05) is 0 Å². The lowest BCUT2D eigenvalue weighted by Gasteiger charge is -2.06. The topological polar surface area (TPSA) is 43.1 Å². The van der Waals surface area contributed by atoms with E-state index in [4.69, 9.17) is 5.73 Å². The van der Waals surface area contributed by atoms with Crippen molar-refractivity contribution in [2.24, 2.45) is 0 Å². The third-order valence-electron chi connectivity index (χ3n) is 2.98. The Labute approximate surface area is 119 Å². The number of hydrogen-bond acceptors (Lipinski definition) is 2. The highest BCUT2D eigenvalue weighted by molar-refractivity contribution is 9.10. The molecule has 2 aromatic carbocycles. The van der Waals surface area contributed by atoms with Gasteiger partial charge in [-0.1, -0.05) is 6.07 Å². The van der Waals surface area contributed by atoms with Gasteiger partial charge in [0, 0.05) is 22.1 Å². The molecule has 0 saturated carbocycles. The molecule has 0 aliphatic heterocycles. The van der Waals surface area contributed by atoms with Gasteiger partial charge in [-0.3, -0.25) is 4.79 Å². The second-order valence-corrected chi connectivity index (χ2v) is 5.26. The number of ketones is 1. The Bertz CT molecular complexity index is 640. The van der Waals surface area contributed by atoms with Gasteiger partial charge in [-0.15, -0.1) is 0 Å². The first-order chi connectivity index (χ1) is 8.97. The summed E-state index contributed by atoms with van der Waals surface area (Å²) in [6, 6.07) is 9.54. The van der Waals surface area contributed by atoms with E-state index in [0.29, 0.717) is 15.7 Å². The van der Waals surface area contributed by atoms with Crippen molar-refractivity contribution in [3.05, 3.63) is 63.4 Å². The van der Waals surface area contributed by atoms with E-state index in [2.05, 4.69) is 15.9 Å². The summed E-state index contributed by atoms with van der Waals surface area (Å²) in [4.78, 5) is 12.2. The molecule has 0 aliphatic carbocycles. The summed E-state index contributed by atoms with van der Waals surface area (Å²) in [5.74, 6) is -0.306. The minimum absolute atomic E-state index is 0.0181. The van der Waals surface area contributed by atoms with Gasteiger partial charge >= 0.3 is 0 Å². The number of carbonyl (C=O) groups excluding carboxylic acids is 1. The van der Waals surface area contributed by atoms with Crippen LogP contribution in [0.3, 0.4) is 0 Å².